The maximum Gasteiger partial charge on any atom is 0.164 e. The van der Waals surface area contributed by atoms with Crippen molar-refractivity contribution in [3.05, 3.63) is 216 Å². The standard InChI is InChI=1S/C48H32N4/c1-6-18-33(19-7-1)45-49-46(34-20-8-2-9-21-34)51-47(50-45)35-30-31-41-40(32-35)44-43(39-28-16-17-29-42(39)52(44)38-26-14-5-15-27-38)48(41,36-22-10-3-11-23-36)37-24-12-4-13-25-37/h1-32H. The minimum atomic E-state index is -0.575. The molecule has 1 aliphatic carbocycles. The van der Waals surface area contributed by atoms with Gasteiger partial charge >= 0.3 is 0 Å². The third-order valence-electron chi connectivity index (χ3n) is 10.3. The summed E-state index contributed by atoms with van der Waals surface area (Å²) in [4.78, 5) is 15.2. The number of aromatic nitrogens is 4. The summed E-state index contributed by atoms with van der Waals surface area (Å²) >= 11 is 0. The number of para-hydroxylation sites is 2. The summed E-state index contributed by atoms with van der Waals surface area (Å²) in [6.07, 6.45) is 0. The first-order valence-electron chi connectivity index (χ1n) is 17.6. The molecule has 9 aromatic rings. The summed E-state index contributed by atoms with van der Waals surface area (Å²) in [6, 6.07) is 68.6. The first kappa shape index (κ1) is 30.0. The molecular weight excluding hydrogens is 633 g/mol. The van der Waals surface area contributed by atoms with Gasteiger partial charge in [0, 0.05) is 38.9 Å². The molecule has 0 atom stereocenters. The van der Waals surface area contributed by atoms with Crippen LogP contribution in [0.15, 0.2) is 194 Å². The second-order valence-corrected chi connectivity index (χ2v) is 13.2. The van der Waals surface area contributed by atoms with Crippen LogP contribution in [0.2, 0.25) is 0 Å². The lowest BCUT2D eigenvalue weighted by Crippen LogP contribution is -2.28. The Morgan fingerprint density at radius 3 is 1.42 bits per heavy atom. The van der Waals surface area contributed by atoms with Crippen molar-refractivity contribution >= 4 is 10.9 Å². The summed E-state index contributed by atoms with van der Waals surface area (Å²) in [7, 11) is 0. The minimum absolute atomic E-state index is 0.575. The van der Waals surface area contributed by atoms with Gasteiger partial charge in [-0.25, -0.2) is 15.0 Å². The molecule has 0 unspecified atom stereocenters. The highest BCUT2D eigenvalue weighted by molar-refractivity contribution is 6.02. The number of rotatable bonds is 6. The largest absolute Gasteiger partial charge is 0.309 e. The van der Waals surface area contributed by atoms with Crippen LogP contribution in [0.25, 0.3) is 62.0 Å². The second-order valence-electron chi connectivity index (χ2n) is 13.2. The topological polar surface area (TPSA) is 43.6 Å². The van der Waals surface area contributed by atoms with Crippen molar-refractivity contribution in [3.8, 4) is 51.1 Å². The van der Waals surface area contributed by atoms with E-state index in [-0.39, 0.29) is 0 Å². The first-order valence-corrected chi connectivity index (χ1v) is 17.6. The van der Waals surface area contributed by atoms with Crippen LogP contribution >= 0.6 is 0 Å². The zero-order valence-electron chi connectivity index (χ0n) is 28.3. The van der Waals surface area contributed by atoms with Crippen molar-refractivity contribution in [1.29, 1.82) is 0 Å². The van der Waals surface area contributed by atoms with E-state index in [0.29, 0.717) is 17.5 Å². The van der Waals surface area contributed by atoms with E-state index in [9.17, 15) is 0 Å². The Labute approximate surface area is 302 Å². The van der Waals surface area contributed by atoms with Gasteiger partial charge < -0.3 is 4.57 Å². The van der Waals surface area contributed by atoms with E-state index in [1.807, 2.05) is 36.4 Å². The molecule has 1 aliphatic rings. The molecule has 244 valence electrons. The molecule has 0 saturated carbocycles. The van der Waals surface area contributed by atoms with E-state index in [0.717, 1.165) is 27.9 Å². The number of hydrogen-bond acceptors (Lipinski definition) is 3. The highest BCUT2D eigenvalue weighted by Crippen LogP contribution is 2.60. The normalized spacial score (nSPS) is 12.8. The van der Waals surface area contributed by atoms with Gasteiger partial charge in [0.1, 0.15) is 0 Å². The lowest BCUT2D eigenvalue weighted by molar-refractivity contribution is 0.775. The molecule has 0 bridgehead atoms. The van der Waals surface area contributed by atoms with Crippen molar-refractivity contribution in [2.24, 2.45) is 0 Å². The highest BCUT2D eigenvalue weighted by Gasteiger charge is 2.49. The van der Waals surface area contributed by atoms with E-state index in [4.69, 9.17) is 15.0 Å². The summed E-state index contributed by atoms with van der Waals surface area (Å²) in [5.74, 6) is 1.93. The number of nitrogens with zero attached hydrogens (tertiary/aromatic N) is 4. The molecule has 4 heteroatoms. The summed E-state index contributed by atoms with van der Waals surface area (Å²) < 4.78 is 2.44. The third kappa shape index (κ3) is 4.58. The van der Waals surface area contributed by atoms with Gasteiger partial charge in [0.15, 0.2) is 17.5 Å². The SMILES string of the molecule is c1ccc(-c2nc(-c3ccccc3)nc(-c3ccc4c(c3)-c3c(c5ccccc5n3-c3ccccc3)C4(c3ccccc3)c3ccccc3)n2)cc1. The predicted octanol–water partition coefficient (Wildman–Crippen LogP) is 11.2. The zero-order valence-corrected chi connectivity index (χ0v) is 28.3. The fourth-order valence-corrected chi connectivity index (χ4v) is 8.14. The van der Waals surface area contributed by atoms with Gasteiger partial charge in [-0.05, 0) is 41.0 Å². The molecule has 0 fully saturated rings. The van der Waals surface area contributed by atoms with Crippen LogP contribution in [0.5, 0.6) is 0 Å². The molecule has 4 nitrogen and oxygen atoms in total. The molecule has 0 amide bonds. The molecule has 2 heterocycles. The van der Waals surface area contributed by atoms with Crippen LogP contribution in [-0.2, 0) is 5.41 Å². The summed E-state index contributed by atoms with van der Waals surface area (Å²) in [5.41, 5.74) is 11.8. The van der Waals surface area contributed by atoms with Crippen LogP contribution in [-0.4, -0.2) is 19.5 Å². The van der Waals surface area contributed by atoms with Crippen molar-refractivity contribution < 1.29 is 0 Å². The van der Waals surface area contributed by atoms with Gasteiger partial charge in [-0.1, -0.05) is 170 Å². The minimum Gasteiger partial charge on any atom is -0.309 e. The maximum atomic E-state index is 5.13. The highest BCUT2D eigenvalue weighted by atomic mass is 15.0. The van der Waals surface area contributed by atoms with Crippen molar-refractivity contribution in [1.82, 2.24) is 19.5 Å². The molecule has 0 radical (unpaired) electrons. The van der Waals surface area contributed by atoms with Gasteiger partial charge in [0.05, 0.1) is 16.6 Å². The van der Waals surface area contributed by atoms with Gasteiger partial charge in [-0.15, -0.1) is 0 Å². The van der Waals surface area contributed by atoms with Gasteiger partial charge in [0.2, 0.25) is 0 Å². The Hall–Kier alpha value is -6.91. The van der Waals surface area contributed by atoms with Crippen molar-refractivity contribution in [2.75, 3.05) is 0 Å². The van der Waals surface area contributed by atoms with Gasteiger partial charge in [0.25, 0.3) is 0 Å². The summed E-state index contributed by atoms with van der Waals surface area (Å²) in [6.45, 7) is 0. The van der Waals surface area contributed by atoms with Crippen molar-refractivity contribution in [2.45, 2.75) is 5.41 Å². The van der Waals surface area contributed by atoms with Crippen LogP contribution < -0.4 is 0 Å². The number of hydrogen-bond donors (Lipinski definition) is 0. The zero-order chi connectivity index (χ0) is 34.5. The van der Waals surface area contributed by atoms with Crippen LogP contribution in [0.1, 0.15) is 22.3 Å². The molecule has 52 heavy (non-hydrogen) atoms. The lowest BCUT2D eigenvalue weighted by Gasteiger charge is -2.33. The lowest BCUT2D eigenvalue weighted by atomic mass is 9.67. The van der Waals surface area contributed by atoms with Crippen molar-refractivity contribution in [3.63, 3.8) is 0 Å². The average Bonchev–Trinajstić information content (AvgIpc) is 3.73. The Morgan fingerprint density at radius 1 is 0.404 bits per heavy atom. The smallest absolute Gasteiger partial charge is 0.164 e. The third-order valence-corrected chi connectivity index (χ3v) is 10.3. The molecule has 2 aromatic heterocycles. The van der Waals surface area contributed by atoms with E-state index >= 15 is 0 Å². The summed E-state index contributed by atoms with van der Waals surface area (Å²) in [5, 5.41) is 1.23. The average molecular weight is 665 g/mol. The first-order chi connectivity index (χ1) is 25.8. The fourth-order valence-electron chi connectivity index (χ4n) is 8.14. The molecule has 0 saturated heterocycles. The van der Waals surface area contributed by atoms with E-state index in [1.54, 1.807) is 0 Å². The van der Waals surface area contributed by atoms with Crippen LogP contribution in [0, 0.1) is 0 Å². The van der Waals surface area contributed by atoms with E-state index in [1.165, 1.54) is 38.9 Å². The second kappa shape index (κ2) is 12.1. The monoisotopic (exact) mass is 664 g/mol. The molecule has 0 N–H and O–H groups in total. The van der Waals surface area contributed by atoms with Crippen LogP contribution in [0.3, 0.4) is 0 Å². The Bertz CT molecular complexity index is 2610. The Balaban J connectivity index is 1.32. The quantitative estimate of drug-likeness (QED) is 0.178. The molecule has 10 rings (SSSR count). The predicted molar refractivity (Wildman–Crippen MR) is 210 cm³/mol. The number of fused-ring (bicyclic) bond motifs is 5. The maximum absolute atomic E-state index is 5.13. The van der Waals surface area contributed by atoms with Gasteiger partial charge in [-0.3, -0.25) is 0 Å². The van der Waals surface area contributed by atoms with Crippen LogP contribution in [0.4, 0.5) is 0 Å². The number of benzene rings is 7. The van der Waals surface area contributed by atoms with E-state index < -0.39 is 5.41 Å². The van der Waals surface area contributed by atoms with E-state index in [2.05, 4.69) is 162 Å². The Kier molecular flexibility index (Phi) is 7.00. The molecule has 0 spiro atoms. The molecule has 0 aliphatic heterocycles. The van der Waals surface area contributed by atoms with Gasteiger partial charge in [-0.2, -0.15) is 0 Å². The Morgan fingerprint density at radius 2 is 0.865 bits per heavy atom. The fraction of sp³-hybridized carbons (Fsp3) is 0.0208. The molecule has 7 aromatic carbocycles. The molecular formula is C48H32N4.